The Morgan fingerprint density at radius 2 is 1.66 bits per heavy atom. The number of hydrogen-bond acceptors (Lipinski definition) is 7. The van der Waals surface area contributed by atoms with Crippen molar-refractivity contribution in [1.82, 2.24) is 28.8 Å². The molecular formula is C48H51Cl2N7O5. The van der Waals surface area contributed by atoms with Gasteiger partial charge in [-0.3, -0.25) is 14.5 Å². The summed E-state index contributed by atoms with van der Waals surface area (Å²) >= 11 is 13.6. The Kier molecular flexibility index (Phi) is 11.9. The summed E-state index contributed by atoms with van der Waals surface area (Å²) in [7, 11) is 5.87. The van der Waals surface area contributed by atoms with Gasteiger partial charge in [-0.15, -0.1) is 0 Å². The van der Waals surface area contributed by atoms with Crippen LogP contribution in [0.2, 0.25) is 10.0 Å². The number of amides is 1. The predicted octanol–water partition coefficient (Wildman–Crippen LogP) is 9.85. The van der Waals surface area contributed by atoms with Crippen LogP contribution in [0.4, 0.5) is 5.69 Å². The van der Waals surface area contributed by atoms with Gasteiger partial charge in [0, 0.05) is 71.1 Å². The fraction of sp³-hybridized carbons (Fsp3) is 0.333. The van der Waals surface area contributed by atoms with Crippen molar-refractivity contribution in [2.24, 2.45) is 7.05 Å². The first-order valence-corrected chi connectivity index (χ1v) is 21.5. The lowest BCUT2D eigenvalue weighted by Crippen LogP contribution is -2.43. The summed E-state index contributed by atoms with van der Waals surface area (Å²) in [5, 5.41) is 18.2. The van der Waals surface area contributed by atoms with Crippen LogP contribution in [0.5, 0.6) is 11.5 Å². The molecule has 322 valence electrons. The summed E-state index contributed by atoms with van der Waals surface area (Å²) in [5.74, 6) is -0.0215. The van der Waals surface area contributed by atoms with E-state index in [1.807, 2.05) is 113 Å². The molecule has 0 radical (unpaired) electrons. The number of benzene rings is 3. The van der Waals surface area contributed by atoms with Gasteiger partial charge in [0.05, 0.1) is 46.3 Å². The third kappa shape index (κ3) is 7.80. The summed E-state index contributed by atoms with van der Waals surface area (Å²) in [6.07, 6.45) is 2.84. The molecule has 0 unspecified atom stereocenters. The van der Waals surface area contributed by atoms with Crippen LogP contribution in [0, 0.1) is 27.7 Å². The second-order valence-electron chi connectivity index (χ2n) is 16.5. The number of aryl methyl sites for hydroxylation is 5. The quantitative estimate of drug-likeness (QED) is 0.107. The molecule has 1 aliphatic rings. The fourth-order valence-corrected chi connectivity index (χ4v) is 9.29. The summed E-state index contributed by atoms with van der Waals surface area (Å²) in [4.78, 5) is 37.0. The van der Waals surface area contributed by atoms with Crippen molar-refractivity contribution >= 4 is 62.6 Å². The first-order chi connectivity index (χ1) is 29.6. The Labute approximate surface area is 371 Å². The number of carboxylic acids is 1. The molecule has 3 aromatic carbocycles. The number of ether oxygens (including phenoxy) is 2. The molecule has 1 aliphatic heterocycles. The number of pyridine rings is 1. The summed E-state index contributed by atoms with van der Waals surface area (Å²) in [6, 6.07) is 18.5. The van der Waals surface area contributed by atoms with Gasteiger partial charge in [-0.05, 0) is 121 Å². The number of carboxylic acid groups (broad SMARTS) is 1. The number of fused-ring (bicyclic) bond motifs is 4. The Morgan fingerprint density at radius 3 is 2.32 bits per heavy atom. The first-order valence-electron chi connectivity index (χ1n) is 20.8. The molecule has 1 atom stereocenters. The largest absolute Gasteiger partial charge is 0.494 e. The lowest BCUT2D eigenvalue weighted by atomic mass is 9.98. The van der Waals surface area contributed by atoms with E-state index in [4.69, 9.17) is 37.8 Å². The number of halogens is 2. The highest BCUT2D eigenvalue weighted by molar-refractivity contribution is 6.35. The van der Waals surface area contributed by atoms with Crippen LogP contribution in [-0.4, -0.2) is 86.2 Å². The topological polar surface area (TPSA) is 120 Å². The minimum atomic E-state index is -1.09. The molecule has 14 heteroatoms. The predicted molar refractivity (Wildman–Crippen MR) is 246 cm³/mol. The van der Waals surface area contributed by atoms with E-state index in [0.29, 0.717) is 71.4 Å². The maximum absolute atomic E-state index is 15.7. The summed E-state index contributed by atoms with van der Waals surface area (Å²) in [5.41, 5.74) is 9.70. The van der Waals surface area contributed by atoms with Gasteiger partial charge >= 0.3 is 5.97 Å². The first kappa shape index (κ1) is 42.9. The summed E-state index contributed by atoms with van der Waals surface area (Å²) in [6.45, 7) is 12.0. The number of nitrogens with zero attached hydrogens (tertiary/aromatic N) is 7. The van der Waals surface area contributed by atoms with E-state index in [9.17, 15) is 9.90 Å². The lowest BCUT2D eigenvalue weighted by molar-refractivity contribution is 0.0686. The van der Waals surface area contributed by atoms with E-state index >= 15 is 4.79 Å². The number of likely N-dealkylation sites (N-methyl/N-ethyl adjacent to an activating group) is 1. The molecule has 7 aromatic rings. The van der Waals surface area contributed by atoms with E-state index in [0.717, 1.165) is 60.9 Å². The standard InChI is InChI=1S/C48H51Cl2N7O5/c1-27-20-34(21-28(2)43(27)50)61-18-11-13-36-37-14-15-38(49)42(41-30(4)52-54(8)31(41)5)45(37)57-29(3)25-56(47(58)46(36)57)39-24-35(62-19-17-53(6)7)22-32-23-40(48(59)60)55(44(32)39)26-33-12-9-10-16-51-33/h9-10,12,14-16,20-24,29H,11,13,17-19,25-26H2,1-8H3,(H,59,60)/t29-/m1/s1. The van der Waals surface area contributed by atoms with Crippen molar-refractivity contribution in [3.05, 3.63) is 122 Å². The molecular weight excluding hydrogens is 825 g/mol. The van der Waals surface area contributed by atoms with Gasteiger partial charge in [0.1, 0.15) is 29.5 Å². The number of rotatable bonds is 14. The Hall–Kier alpha value is -5.82. The van der Waals surface area contributed by atoms with Crippen LogP contribution >= 0.6 is 23.2 Å². The number of anilines is 1. The monoisotopic (exact) mass is 875 g/mol. The van der Waals surface area contributed by atoms with Gasteiger partial charge in [0.25, 0.3) is 5.91 Å². The molecule has 0 saturated heterocycles. The van der Waals surface area contributed by atoms with E-state index in [2.05, 4.69) is 16.5 Å². The van der Waals surface area contributed by atoms with Crippen LogP contribution < -0.4 is 14.4 Å². The van der Waals surface area contributed by atoms with Crippen LogP contribution in [0.1, 0.15) is 74.1 Å². The maximum Gasteiger partial charge on any atom is 0.352 e. The molecule has 12 nitrogen and oxygen atoms in total. The Bertz CT molecular complexity index is 2860. The molecule has 0 bridgehead atoms. The number of hydrogen-bond donors (Lipinski definition) is 1. The average Bonchev–Trinajstić information content (AvgIpc) is 3.85. The highest BCUT2D eigenvalue weighted by atomic mass is 35.5. The van der Waals surface area contributed by atoms with E-state index in [1.165, 1.54) is 0 Å². The van der Waals surface area contributed by atoms with Crippen LogP contribution in [0.15, 0.2) is 66.9 Å². The third-order valence-corrected chi connectivity index (χ3v) is 12.8. The van der Waals surface area contributed by atoms with E-state index < -0.39 is 5.97 Å². The Morgan fingerprint density at radius 1 is 0.935 bits per heavy atom. The van der Waals surface area contributed by atoms with Gasteiger partial charge in [-0.1, -0.05) is 35.3 Å². The second-order valence-corrected chi connectivity index (χ2v) is 17.3. The van der Waals surface area contributed by atoms with Crippen molar-refractivity contribution in [2.45, 2.75) is 60.0 Å². The van der Waals surface area contributed by atoms with Crippen molar-refractivity contribution < 1.29 is 24.2 Å². The van der Waals surface area contributed by atoms with Crippen molar-refractivity contribution in [1.29, 1.82) is 0 Å². The molecule has 0 fully saturated rings. The van der Waals surface area contributed by atoms with Crippen LogP contribution in [0.3, 0.4) is 0 Å². The smallest absolute Gasteiger partial charge is 0.352 e. The molecule has 1 N–H and O–H groups in total. The molecule has 62 heavy (non-hydrogen) atoms. The SMILES string of the molecule is Cc1cc(OCCCc2c3n(c4c(-c5c(C)nn(C)c5C)c(Cl)ccc24)[C@H](C)CN(c2cc(OCCN(C)C)cc4cc(C(=O)O)n(Cc5ccccn5)c24)C3=O)cc(C)c1Cl. The zero-order valence-corrected chi connectivity index (χ0v) is 37.9. The van der Waals surface area contributed by atoms with Gasteiger partial charge in [0.2, 0.25) is 0 Å². The van der Waals surface area contributed by atoms with E-state index in [1.54, 1.807) is 21.7 Å². The number of carbonyl (C=O) groups is 2. The maximum atomic E-state index is 15.7. The van der Waals surface area contributed by atoms with Gasteiger partial charge in [0.15, 0.2) is 0 Å². The normalized spacial score (nSPS) is 14.1. The van der Waals surface area contributed by atoms with E-state index in [-0.39, 0.29) is 30.7 Å². The molecule has 0 saturated carbocycles. The molecule has 5 heterocycles. The lowest BCUT2D eigenvalue weighted by Gasteiger charge is -2.35. The Balaban J connectivity index is 1.31. The fourth-order valence-electron chi connectivity index (χ4n) is 8.93. The van der Waals surface area contributed by atoms with Crippen molar-refractivity contribution in [2.75, 3.05) is 45.3 Å². The van der Waals surface area contributed by atoms with Crippen molar-refractivity contribution in [3.8, 4) is 22.6 Å². The summed E-state index contributed by atoms with van der Waals surface area (Å²) < 4.78 is 18.4. The van der Waals surface area contributed by atoms with Crippen LogP contribution in [-0.2, 0) is 20.0 Å². The zero-order chi connectivity index (χ0) is 44.1. The zero-order valence-electron chi connectivity index (χ0n) is 36.3. The molecule has 1 amide bonds. The third-order valence-electron chi connectivity index (χ3n) is 11.9. The number of aromatic nitrogens is 5. The molecule has 0 aliphatic carbocycles. The minimum Gasteiger partial charge on any atom is -0.494 e. The van der Waals surface area contributed by atoms with Gasteiger partial charge in [-0.2, -0.15) is 5.10 Å². The van der Waals surface area contributed by atoms with Gasteiger partial charge in [-0.25, -0.2) is 4.79 Å². The van der Waals surface area contributed by atoms with Crippen molar-refractivity contribution in [3.63, 3.8) is 0 Å². The molecule has 0 spiro atoms. The van der Waals surface area contributed by atoms with Gasteiger partial charge < -0.3 is 33.5 Å². The minimum absolute atomic E-state index is 0.0808. The molecule has 8 rings (SSSR count). The number of aromatic carboxylic acids is 1. The van der Waals surface area contributed by atoms with Crippen LogP contribution in [0.25, 0.3) is 32.9 Å². The number of carbonyl (C=O) groups excluding carboxylic acids is 1. The molecule has 4 aromatic heterocycles. The highest BCUT2D eigenvalue weighted by Gasteiger charge is 2.38. The average molecular weight is 877 g/mol. The highest BCUT2D eigenvalue weighted by Crippen LogP contribution is 2.46. The second kappa shape index (κ2) is 17.2.